The summed E-state index contributed by atoms with van der Waals surface area (Å²) in [5.74, 6) is 0. The van der Waals surface area contributed by atoms with Gasteiger partial charge in [0.25, 0.3) is 0 Å². The zero-order valence-corrected chi connectivity index (χ0v) is 11.7. The Bertz CT molecular complexity index is 168. The molecule has 1 heteroatoms. The molecule has 0 heterocycles. The zero-order chi connectivity index (χ0) is 12.2. The monoisotopic (exact) mass is 226 g/mol. The van der Waals surface area contributed by atoms with Crippen LogP contribution in [0.5, 0.6) is 0 Å². The minimum absolute atomic E-state index is 0.334. The van der Waals surface area contributed by atoms with Gasteiger partial charge in [0.2, 0.25) is 0 Å². The van der Waals surface area contributed by atoms with Crippen LogP contribution >= 0.6 is 0 Å². The Hall–Kier alpha value is -0.300. The van der Waals surface area contributed by atoms with Gasteiger partial charge in [0.15, 0.2) is 0 Å². The van der Waals surface area contributed by atoms with Crippen LogP contribution in [0.3, 0.4) is 0 Å². The van der Waals surface area contributed by atoms with Crippen molar-refractivity contribution in [3.05, 3.63) is 11.6 Å². The normalized spacial score (nSPS) is 12.5. The predicted molar refractivity (Wildman–Crippen MR) is 72.8 cm³/mol. The number of allylic oxidation sites excluding steroid dienone is 1. The fourth-order valence-electron chi connectivity index (χ4n) is 1.94. The van der Waals surface area contributed by atoms with E-state index in [1.54, 1.807) is 0 Å². The molecule has 0 saturated heterocycles. The van der Waals surface area contributed by atoms with Crippen molar-refractivity contribution in [2.24, 2.45) is 0 Å². The molecule has 1 atom stereocenters. The summed E-state index contributed by atoms with van der Waals surface area (Å²) in [5, 5.41) is 0. The van der Waals surface area contributed by atoms with E-state index in [1.807, 2.05) is 7.11 Å². The average Bonchev–Trinajstić information content (AvgIpc) is 2.25. The molecule has 0 aromatic carbocycles. The lowest BCUT2D eigenvalue weighted by atomic mass is 10.1. The number of ether oxygens (including phenoxy) is 1. The maximum absolute atomic E-state index is 5.43. The minimum atomic E-state index is 0.334. The standard InChI is InChI=1S/C15H30O/c1-5-6-7-8-9-10-11-12-15(16-4)13-14(2)3/h13,15H,5-12H2,1-4H3. The summed E-state index contributed by atoms with van der Waals surface area (Å²) >= 11 is 0. The Labute approximate surface area is 102 Å². The molecular weight excluding hydrogens is 196 g/mol. The van der Waals surface area contributed by atoms with Crippen LogP contribution in [0.4, 0.5) is 0 Å². The van der Waals surface area contributed by atoms with E-state index >= 15 is 0 Å². The van der Waals surface area contributed by atoms with Crippen LogP contribution in [-0.4, -0.2) is 13.2 Å². The van der Waals surface area contributed by atoms with E-state index in [2.05, 4.69) is 26.8 Å². The Morgan fingerprint density at radius 3 is 2.06 bits per heavy atom. The third kappa shape index (κ3) is 10.2. The van der Waals surface area contributed by atoms with Crippen molar-refractivity contribution in [1.82, 2.24) is 0 Å². The second-order valence-corrected chi connectivity index (χ2v) is 4.93. The lowest BCUT2D eigenvalue weighted by Crippen LogP contribution is -2.07. The molecule has 0 spiro atoms. The molecule has 0 aliphatic rings. The van der Waals surface area contributed by atoms with Crippen molar-refractivity contribution < 1.29 is 4.74 Å². The van der Waals surface area contributed by atoms with Crippen molar-refractivity contribution in [2.75, 3.05) is 7.11 Å². The molecule has 0 aromatic heterocycles. The summed E-state index contributed by atoms with van der Waals surface area (Å²) in [5.41, 5.74) is 1.36. The summed E-state index contributed by atoms with van der Waals surface area (Å²) in [6.07, 6.45) is 13.4. The third-order valence-corrected chi connectivity index (χ3v) is 2.91. The van der Waals surface area contributed by atoms with Crippen LogP contribution in [0.25, 0.3) is 0 Å². The topological polar surface area (TPSA) is 9.23 Å². The Balaban J connectivity index is 3.38. The molecule has 16 heavy (non-hydrogen) atoms. The molecule has 0 radical (unpaired) electrons. The van der Waals surface area contributed by atoms with Gasteiger partial charge in [-0.05, 0) is 20.3 Å². The van der Waals surface area contributed by atoms with E-state index in [1.165, 1.54) is 56.9 Å². The minimum Gasteiger partial charge on any atom is -0.377 e. The third-order valence-electron chi connectivity index (χ3n) is 2.91. The summed E-state index contributed by atoms with van der Waals surface area (Å²) in [7, 11) is 1.81. The summed E-state index contributed by atoms with van der Waals surface area (Å²) < 4.78 is 5.43. The van der Waals surface area contributed by atoms with Crippen molar-refractivity contribution >= 4 is 0 Å². The van der Waals surface area contributed by atoms with Gasteiger partial charge in [0.05, 0.1) is 6.10 Å². The first-order valence-corrected chi connectivity index (χ1v) is 6.88. The molecule has 0 amide bonds. The van der Waals surface area contributed by atoms with Crippen molar-refractivity contribution in [3.63, 3.8) is 0 Å². The second-order valence-electron chi connectivity index (χ2n) is 4.93. The first-order valence-electron chi connectivity index (χ1n) is 6.88. The van der Waals surface area contributed by atoms with Gasteiger partial charge >= 0.3 is 0 Å². The smallest absolute Gasteiger partial charge is 0.0754 e. The van der Waals surface area contributed by atoms with Crippen molar-refractivity contribution in [1.29, 1.82) is 0 Å². The maximum atomic E-state index is 5.43. The van der Waals surface area contributed by atoms with Gasteiger partial charge in [0, 0.05) is 7.11 Å². The van der Waals surface area contributed by atoms with E-state index < -0.39 is 0 Å². The highest BCUT2D eigenvalue weighted by molar-refractivity contribution is 4.98. The van der Waals surface area contributed by atoms with Gasteiger partial charge in [-0.3, -0.25) is 0 Å². The fourth-order valence-corrected chi connectivity index (χ4v) is 1.94. The van der Waals surface area contributed by atoms with Gasteiger partial charge in [-0.15, -0.1) is 0 Å². The average molecular weight is 226 g/mol. The highest BCUT2D eigenvalue weighted by Gasteiger charge is 2.02. The molecule has 0 rings (SSSR count). The first-order chi connectivity index (χ1) is 7.70. The summed E-state index contributed by atoms with van der Waals surface area (Å²) in [6.45, 7) is 6.54. The molecule has 0 aliphatic carbocycles. The molecule has 0 aliphatic heterocycles. The fraction of sp³-hybridized carbons (Fsp3) is 0.867. The van der Waals surface area contributed by atoms with Gasteiger partial charge in [-0.2, -0.15) is 0 Å². The number of hydrogen-bond acceptors (Lipinski definition) is 1. The Morgan fingerprint density at radius 2 is 1.56 bits per heavy atom. The van der Waals surface area contributed by atoms with Gasteiger partial charge in [0.1, 0.15) is 0 Å². The van der Waals surface area contributed by atoms with Crippen LogP contribution in [0.15, 0.2) is 11.6 Å². The van der Waals surface area contributed by atoms with E-state index in [0.717, 1.165) is 0 Å². The van der Waals surface area contributed by atoms with Gasteiger partial charge in [-0.25, -0.2) is 0 Å². The maximum Gasteiger partial charge on any atom is 0.0754 e. The van der Waals surface area contributed by atoms with Crippen LogP contribution in [-0.2, 0) is 4.74 Å². The summed E-state index contributed by atoms with van der Waals surface area (Å²) in [4.78, 5) is 0. The molecule has 0 fully saturated rings. The number of unbranched alkanes of at least 4 members (excludes halogenated alkanes) is 6. The van der Waals surface area contributed by atoms with Gasteiger partial charge < -0.3 is 4.74 Å². The predicted octanol–water partition coefficient (Wildman–Crippen LogP) is 5.11. The second kappa shape index (κ2) is 11.2. The molecule has 1 unspecified atom stereocenters. The Kier molecular flexibility index (Phi) is 11.0. The van der Waals surface area contributed by atoms with E-state index in [-0.39, 0.29) is 0 Å². The highest BCUT2D eigenvalue weighted by Crippen LogP contribution is 2.12. The quantitative estimate of drug-likeness (QED) is 0.371. The molecule has 0 bridgehead atoms. The molecule has 0 aromatic rings. The van der Waals surface area contributed by atoms with Crippen molar-refractivity contribution in [3.8, 4) is 0 Å². The van der Waals surface area contributed by atoms with Crippen LogP contribution in [0.1, 0.15) is 72.1 Å². The number of rotatable bonds is 10. The largest absolute Gasteiger partial charge is 0.377 e. The lowest BCUT2D eigenvalue weighted by molar-refractivity contribution is 0.130. The van der Waals surface area contributed by atoms with E-state index in [9.17, 15) is 0 Å². The molecule has 0 N–H and O–H groups in total. The SMILES string of the molecule is CCCCCCCCCC(C=C(C)C)OC. The van der Waals surface area contributed by atoms with E-state index in [0.29, 0.717) is 6.10 Å². The molecule has 96 valence electrons. The van der Waals surface area contributed by atoms with Crippen LogP contribution in [0.2, 0.25) is 0 Å². The number of methoxy groups -OCH3 is 1. The summed E-state index contributed by atoms with van der Waals surface area (Å²) in [6, 6.07) is 0. The molecule has 0 saturated carbocycles. The molecule has 1 nitrogen and oxygen atoms in total. The lowest BCUT2D eigenvalue weighted by Gasteiger charge is -2.11. The Morgan fingerprint density at radius 1 is 1.00 bits per heavy atom. The number of hydrogen-bond donors (Lipinski definition) is 0. The van der Waals surface area contributed by atoms with Crippen LogP contribution in [0, 0.1) is 0 Å². The van der Waals surface area contributed by atoms with Crippen molar-refractivity contribution in [2.45, 2.75) is 78.2 Å². The van der Waals surface area contributed by atoms with E-state index in [4.69, 9.17) is 4.74 Å². The first kappa shape index (κ1) is 15.7. The molecular formula is C15H30O. The highest BCUT2D eigenvalue weighted by atomic mass is 16.5. The zero-order valence-electron chi connectivity index (χ0n) is 11.7. The van der Waals surface area contributed by atoms with Gasteiger partial charge in [-0.1, -0.05) is 63.5 Å². The van der Waals surface area contributed by atoms with Crippen LogP contribution < -0.4 is 0 Å².